The van der Waals surface area contributed by atoms with Crippen molar-refractivity contribution in [2.24, 2.45) is 5.92 Å². The largest absolute Gasteiger partial charge is 0.368 e. The van der Waals surface area contributed by atoms with E-state index < -0.39 is 0 Å². The second-order valence-corrected chi connectivity index (χ2v) is 4.02. The van der Waals surface area contributed by atoms with Crippen molar-refractivity contribution < 1.29 is 0 Å². The van der Waals surface area contributed by atoms with Gasteiger partial charge in [-0.25, -0.2) is 0 Å². The molecule has 0 aromatic carbocycles. The number of hydrogen-bond donors (Lipinski definition) is 1. The number of allylic oxidation sites excluding steroid dienone is 3. The van der Waals surface area contributed by atoms with Crippen LogP contribution in [-0.2, 0) is 0 Å². The summed E-state index contributed by atoms with van der Waals surface area (Å²) >= 11 is 0. The lowest BCUT2D eigenvalue weighted by Crippen LogP contribution is -1.96. The van der Waals surface area contributed by atoms with Crippen LogP contribution in [0.15, 0.2) is 36.7 Å². The summed E-state index contributed by atoms with van der Waals surface area (Å²) in [4.78, 5) is 0. The van der Waals surface area contributed by atoms with Gasteiger partial charge >= 0.3 is 0 Å². The molecule has 0 aliphatic heterocycles. The van der Waals surface area contributed by atoms with Crippen molar-refractivity contribution in [1.82, 2.24) is 5.32 Å². The lowest BCUT2D eigenvalue weighted by Gasteiger charge is -2.03. The first-order valence-electron chi connectivity index (χ1n) is 5.34. The van der Waals surface area contributed by atoms with Gasteiger partial charge in [-0.15, -0.1) is 6.58 Å². The van der Waals surface area contributed by atoms with Crippen LogP contribution in [0.2, 0.25) is 0 Å². The van der Waals surface area contributed by atoms with Crippen molar-refractivity contribution in [1.29, 1.82) is 0 Å². The lowest BCUT2D eigenvalue weighted by molar-refractivity contribution is 0.640. The molecule has 1 N–H and O–H groups in total. The normalized spacial score (nSPS) is 12.4. The van der Waals surface area contributed by atoms with E-state index in [4.69, 9.17) is 0 Å². The van der Waals surface area contributed by atoms with Crippen LogP contribution in [0.5, 0.6) is 0 Å². The van der Waals surface area contributed by atoms with Gasteiger partial charge < -0.3 is 5.32 Å². The van der Waals surface area contributed by atoms with E-state index in [9.17, 15) is 0 Å². The molecular weight excluding hydrogens is 170 g/mol. The first-order chi connectivity index (χ1) is 6.66. The van der Waals surface area contributed by atoms with Gasteiger partial charge in [-0.2, -0.15) is 0 Å². The third-order valence-corrected chi connectivity index (χ3v) is 1.81. The maximum absolute atomic E-state index is 3.67. The summed E-state index contributed by atoms with van der Waals surface area (Å²) in [6.07, 6.45) is 11.4. The first kappa shape index (κ1) is 13.0. The average Bonchev–Trinajstić information content (AvgIpc) is 2.10. The van der Waals surface area contributed by atoms with Crippen LogP contribution >= 0.6 is 0 Å². The molecule has 0 aliphatic carbocycles. The lowest BCUT2D eigenvalue weighted by atomic mass is 10.1. The summed E-state index contributed by atoms with van der Waals surface area (Å²) in [6, 6.07) is 0. The van der Waals surface area contributed by atoms with E-state index in [1.807, 2.05) is 12.3 Å². The summed E-state index contributed by atoms with van der Waals surface area (Å²) in [5.74, 6) is 0.734. The fraction of sp³-hybridized carbons (Fsp3) is 0.538. The molecule has 0 radical (unpaired) electrons. The Morgan fingerprint density at radius 1 is 1.36 bits per heavy atom. The molecule has 1 nitrogen and oxygen atoms in total. The van der Waals surface area contributed by atoms with Crippen molar-refractivity contribution in [2.45, 2.75) is 40.0 Å². The Morgan fingerprint density at radius 2 is 2.07 bits per heavy atom. The Morgan fingerprint density at radius 3 is 2.64 bits per heavy atom. The van der Waals surface area contributed by atoms with Crippen LogP contribution in [0, 0.1) is 5.92 Å². The van der Waals surface area contributed by atoms with Crippen molar-refractivity contribution in [3.63, 3.8) is 0 Å². The summed E-state index contributed by atoms with van der Waals surface area (Å²) in [6.45, 7) is 10.3. The molecule has 0 aromatic rings. The molecule has 0 rings (SSSR count). The molecule has 14 heavy (non-hydrogen) atoms. The Hall–Kier alpha value is -0.980. The van der Waals surface area contributed by atoms with Crippen LogP contribution in [0.4, 0.5) is 0 Å². The number of unbranched alkanes of at least 4 members (excludes halogenated alkanes) is 1. The highest BCUT2D eigenvalue weighted by atomic mass is 14.8. The van der Waals surface area contributed by atoms with Crippen LogP contribution in [0.25, 0.3) is 0 Å². The summed E-state index contributed by atoms with van der Waals surface area (Å²) in [5, 5.41) is 3.17. The second kappa shape index (κ2) is 8.61. The number of nitrogens with one attached hydrogen (secondary N) is 1. The van der Waals surface area contributed by atoms with Gasteiger partial charge in [-0.1, -0.05) is 31.6 Å². The second-order valence-electron chi connectivity index (χ2n) is 4.02. The SMILES string of the molecule is C=CCC/C=C/N/C=C(\C)CC(C)C. The van der Waals surface area contributed by atoms with Gasteiger partial charge in [0.25, 0.3) is 0 Å². The van der Waals surface area contributed by atoms with Crippen LogP contribution in [0.3, 0.4) is 0 Å². The summed E-state index contributed by atoms with van der Waals surface area (Å²) in [5.41, 5.74) is 1.40. The van der Waals surface area contributed by atoms with Crippen LogP contribution in [0.1, 0.15) is 40.0 Å². The Bertz CT molecular complexity index is 199. The molecule has 0 atom stereocenters. The average molecular weight is 193 g/mol. The predicted octanol–water partition coefficient (Wildman–Crippen LogP) is 4.01. The minimum atomic E-state index is 0.734. The standard InChI is InChI=1S/C13H23N/c1-5-6-7-8-9-14-11-13(4)10-12(2)3/h5,8-9,11-12,14H,1,6-7,10H2,2-4H3/b9-8+,13-11+. The van der Waals surface area contributed by atoms with Crippen molar-refractivity contribution in [2.75, 3.05) is 0 Å². The fourth-order valence-corrected chi connectivity index (χ4v) is 1.26. The molecule has 0 fully saturated rings. The van der Waals surface area contributed by atoms with Gasteiger partial charge in [0.05, 0.1) is 0 Å². The quantitative estimate of drug-likeness (QED) is 0.476. The zero-order valence-electron chi connectivity index (χ0n) is 9.72. The first-order valence-corrected chi connectivity index (χ1v) is 5.34. The minimum absolute atomic E-state index is 0.734. The molecule has 0 spiro atoms. The third kappa shape index (κ3) is 9.11. The van der Waals surface area contributed by atoms with Crippen LogP contribution < -0.4 is 5.32 Å². The zero-order valence-corrected chi connectivity index (χ0v) is 9.72. The molecule has 0 saturated heterocycles. The van der Waals surface area contributed by atoms with E-state index in [0.717, 1.165) is 25.2 Å². The van der Waals surface area contributed by atoms with Gasteiger partial charge in [-0.05, 0) is 44.5 Å². The number of rotatable bonds is 7. The van der Waals surface area contributed by atoms with Gasteiger partial charge in [0.2, 0.25) is 0 Å². The molecule has 0 aliphatic rings. The maximum Gasteiger partial charge on any atom is -0.000643 e. The van der Waals surface area contributed by atoms with Crippen molar-refractivity contribution in [3.05, 3.63) is 36.7 Å². The van der Waals surface area contributed by atoms with Crippen molar-refractivity contribution >= 4 is 0 Å². The Balaban J connectivity index is 3.58. The molecule has 0 heterocycles. The summed E-state index contributed by atoms with van der Waals surface area (Å²) < 4.78 is 0. The van der Waals surface area contributed by atoms with Gasteiger partial charge in [-0.3, -0.25) is 0 Å². The molecule has 80 valence electrons. The molecule has 0 saturated carbocycles. The van der Waals surface area contributed by atoms with Gasteiger partial charge in [0, 0.05) is 0 Å². The fourth-order valence-electron chi connectivity index (χ4n) is 1.26. The van der Waals surface area contributed by atoms with Gasteiger partial charge in [0.15, 0.2) is 0 Å². The third-order valence-electron chi connectivity index (χ3n) is 1.81. The monoisotopic (exact) mass is 193 g/mol. The van der Waals surface area contributed by atoms with E-state index in [1.165, 1.54) is 5.57 Å². The van der Waals surface area contributed by atoms with Gasteiger partial charge in [0.1, 0.15) is 0 Å². The molecule has 0 aromatic heterocycles. The highest BCUT2D eigenvalue weighted by Gasteiger charge is 1.93. The minimum Gasteiger partial charge on any atom is -0.368 e. The summed E-state index contributed by atoms with van der Waals surface area (Å²) in [7, 11) is 0. The van der Waals surface area contributed by atoms with E-state index >= 15 is 0 Å². The molecule has 1 heteroatoms. The smallest absolute Gasteiger partial charge is 0.000643 e. The van der Waals surface area contributed by atoms with Crippen LogP contribution in [-0.4, -0.2) is 0 Å². The van der Waals surface area contributed by atoms with E-state index in [0.29, 0.717) is 0 Å². The van der Waals surface area contributed by atoms with E-state index in [2.05, 4.69) is 44.9 Å². The highest BCUT2D eigenvalue weighted by Crippen LogP contribution is 2.07. The highest BCUT2D eigenvalue weighted by molar-refractivity contribution is 5.00. The Kier molecular flexibility index (Phi) is 8.01. The molecule has 0 bridgehead atoms. The van der Waals surface area contributed by atoms with E-state index in [1.54, 1.807) is 0 Å². The molecular formula is C13H23N. The molecule has 0 amide bonds. The predicted molar refractivity (Wildman–Crippen MR) is 64.9 cm³/mol. The maximum atomic E-state index is 3.67. The topological polar surface area (TPSA) is 12.0 Å². The molecule has 0 unspecified atom stereocenters. The Labute approximate surface area is 88.6 Å². The van der Waals surface area contributed by atoms with E-state index in [-0.39, 0.29) is 0 Å². The number of hydrogen-bond acceptors (Lipinski definition) is 1. The zero-order chi connectivity index (χ0) is 10.8. The van der Waals surface area contributed by atoms with Crippen molar-refractivity contribution in [3.8, 4) is 0 Å².